The number of benzene rings is 1. The molecule has 3 heteroatoms. The van der Waals surface area contributed by atoms with Gasteiger partial charge < -0.3 is 4.90 Å². The van der Waals surface area contributed by atoms with Crippen molar-refractivity contribution in [2.24, 2.45) is 0 Å². The molecular weight excluding hydrogens is 222 g/mol. The molecular formula is C15H21N3. The quantitative estimate of drug-likeness (QED) is 0.764. The number of hydrogen-bond donors (Lipinski definition) is 0. The molecule has 0 amide bonds. The third kappa shape index (κ3) is 2.83. The summed E-state index contributed by atoms with van der Waals surface area (Å²) in [4.78, 5) is 4.63. The van der Waals surface area contributed by atoms with E-state index in [4.69, 9.17) is 5.26 Å². The number of hydrogen-bond acceptors (Lipinski definition) is 3. The molecule has 3 nitrogen and oxygen atoms in total. The van der Waals surface area contributed by atoms with Gasteiger partial charge in [0, 0.05) is 24.8 Å². The fourth-order valence-corrected chi connectivity index (χ4v) is 2.69. The Hall–Kier alpha value is -1.53. The summed E-state index contributed by atoms with van der Waals surface area (Å²) in [5, 5.41) is 8.79. The van der Waals surface area contributed by atoms with E-state index in [-0.39, 0.29) is 0 Å². The Morgan fingerprint density at radius 3 is 2.94 bits per heavy atom. The molecule has 0 radical (unpaired) electrons. The molecule has 1 fully saturated rings. The van der Waals surface area contributed by atoms with Gasteiger partial charge in [0.15, 0.2) is 0 Å². The van der Waals surface area contributed by atoms with Crippen LogP contribution in [0.2, 0.25) is 0 Å². The van der Waals surface area contributed by atoms with Crippen molar-refractivity contribution in [3.8, 4) is 6.07 Å². The molecule has 1 aromatic rings. The lowest BCUT2D eigenvalue weighted by Crippen LogP contribution is -2.46. The van der Waals surface area contributed by atoms with Crippen LogP contribution in [0.25, 0.3) is 0 Å². The summed E-state index contributed by atoms with van der Waals surface area (Å²) < 4.78 is 0. The minimum atomic E-state index is 0.498. The zero-order chi connectivity index (χ0) is 13.0. The van der Waals surface area contributed by atoms with E-state index >= 15 is 0 Å². The predicted octanol–water partition coefficient (Wildman–Crippen LogP) is 2.42. The number of para-hydroxylation sites is 1. The van der Waals surface area contributed by atoms with E-state index in [0.717, 1.165) is 13.1 Å². The average molecular weight is 243 g/mol. The minimum absolute atomic E-state index is 0.498. The van der Waals surface area contributed by atoms with Crippen molar-refractivity contribution in [1.29, 1.82) is 5.26 Å². The zero-order valence-corrected chi connectivity index (χ0v) is 11.3. The van der Waals surface area contributed by atoms with Crippen molar-refractivity contribution in [1.82, 2.24) is 4.90 Å². The van der Waals surface area contributed by atoms with E-state index in [2.05, 4.69) is 54.1 Å². The van der Waals surface area contributed by atoms with Crippen LogP contribution in [0.15, 0.2) is 24.3 Å². The number of piperidine rings is 1. The van der Waals surface area contributed by atoms with E-state index in [0.29, 0.717) is 12.6 Å². The number of likely N-dealkylation sites (N-methyl/N-ethyl adjacent to an activating group) is 1. The maximum absolute atomic E-state index is 8.79. The second-order valence-corrected chi connectivity index (χ2v) is 5.10. The molecule has 0 bridgehead atoms. The van der Waals surface area contributed by atoms with Gasteiger partial charge in [-0.2, -0.15) is 5.26 Å². The Kier molecular flexibility index (Phi) is 4.22. The highest BCUT2D eigenvalue weighted by molar-refractivity contribution is 5.53. The molecule has 1 unspecified atom stereocenters. The number of rotatable bonds is 3. The van der Waals surface area contributed by atoms with Gasteiger partial charge in [0.25, 0.3) is 0 Å². The smallest absolute Gasteiger partial charge is 0.0866 e. The van der Waals surface area contributed by atoms with E-state index in [1.54, 1.807) is 0 Å². The monoisotopic (exact) mass is 243 g/mol. The van der Waals surface area contributed by atoms with Crippen molar-refractivity contribution in [2.75, 3.05) is 31.6 Å². The molecule has 2 rings (SSSR count). The second kappa shape index (κ2) is 5.88. The zero-order valence-electron chi connectivity index (χ0n) is 11.3. The van der Waals surface area contributed by atoms with Crippen LogP contribution in [-0.4, -0.2) is 37.6 Å². The van der Waals surface area contributed by atoms with Crippen LogP contribution in [0.4, 0.5) is 5.69 Å². The SMILES string of the molecule is Cc1ccccc1N1CCCC(N(C)CC#N)C1. The third-order valence-electron chi connectivity index (χ3n) is 3.80. The fraction of sp³-hybridized carbons (Fsp3) is 0.533. The van der Waals surface area contributed by atoms with Gasteiger partial charge >= 0.3 is 0 Å². The maximum Gasteiger partial charge on any atom is 0.0866 e. The van der Waals surface area contributed by atoms with E-state index in [1.165, 1.54) is 24.1 Å². The first-order valence-electron chi connectivity index (χ1n) is 6.60. The summed E-state index contributed by atoms with van der Waals surface area (Å²) in [6.07, 6.45) is 2.40. The largest absolute Gasteiger partial charge is 0.370 e. The summed E-state index contributed by atoms with van der Waals surface area (Å²) in [5.74, 6) is 0. The third-order valence-corrected chi connectivity index (χ3v) is 3.80. The van der Waals surface area contributed by atoms with E-state index < -0.39 is 0 Å². The highest BCUT2D eigenvalue weighted by atomic mass is 15.2. The molecule has 0 spiro atoms. The van der Waals surface area contributed by atoms with Crippen LogP contribution < -0.4 is 4.90 Å². The number of aryl methyl sites for hydroxylation is 1. The number of anilines is 1. The van der Waals surface area contributed by atoms with Gasteiger partial charge in [-0.15, -0.1) is 0 Å². The molecule has 0 saturated carbocycles. The van der Waals surface area contributed by atoms with Gasteiger partial charge in [0.1, 0.15) is 0 Å². The van der Waals surface area contributed by atoms with Crippen molar-refractivity contribution >= 4 is 5.69 Å². The molecule has 1 atom stereocenters. The lowest BCUT2D eigenvalue weighted by Gasteiger charge is -2.38. The van der Waals surface area contributed by atoms with Crippen LogP contribution in [0.1, 0.15) is 18.4 Å². The topological polar surface area (TPSA) is 30.3 Å². The Morgan fingerprint density at radius 2 is 2.22 bits per heavy atom. The average Bonchev–Trinajstić information content (AvgIpc) is 2.40. The molecule has 96 valence electrons. The molecule has 1 aromatic carbocycles. The Labute approximate surface area is 110 Å². The first-order chi connectivity index (χ1) is 8.72. The lowest BCUT2D eigenvalue weighted by molar-refractivity contribution is 0.238. The molecule has 1 aliphatic rings. The van der Waals surface area contributed by atoms with E-state index in [9.17, 15) is 0 Å². The molecule has 1 saturated heterocycles. The van der Waals surface area contributed by atoms with Gasteiger partial charge in [-0.05, 0) is 38.4 Å². The summed E-state index contributed by atoms with van der Waals surface area (Å²) in [5.41, 5.74) is 2.67. The summed E-state index contributed by atoms with van der Waals surface area (Å²) in [7, 11) is 2.05. The standard InChI is InChI=1S/C15H21N3/c1-13-6-3-4-8-15(13)18-10-5-7-14(12-18)17(2)11-9-16/h3-4,6,8,14H,5,7,10-12H2,1-2H3. The Balaban J connectivity index is 2.08. The molecule has 18 heavy (non-hydrogen) atoms. The van der Waals surface area contributed by atoms with Crippen molar-refractivity contribution < 1.29 is 0 Å². The molecule has 0 aliphatic carbocycles. The molecule has 0 N–H and O–H groups in total. The van der Waals surface area contributed by atoms with Gasteiger partial charge in [-0.1, -0.05) is 18.2 Å². The second-order valence-electron chi connectivity index (χ2n) is 5.10. The van der Waals surface area contributed by atoms with Crippen molar-refractivity contribution in [3.05, 3.63) is 29.8 Å². The Bertz CT molecular complexity index is 436. The highest BCUT2D eigenvalue weighted by Gasteiger charge is 2.23. The predicted molar refractivity (Wildman–Crippen MR) is 74.7 cm³/mol. The summed E-state index contributed by atoms with van der Waals surface area (Å²) in [6.45, 7) is 4.84. The Morgan fingerprint density at radius 1 is 1.44 bits per heavy atom. The summed E-state index contributed by atoms with van der Waals surface area (Å²) in [6, 6.07) is 11.3. The van der Waals surface area contributed by atoms with Gasteiger partial charge in [-0.25, -0.2) is 0 Å². The minimum Gasteiger partial charge on any atom is -0.370 e. The molecule has 0 aromatic heterocycles. The van der Waals surface area contributed by atoms with Gasteiger partial charge in [-0.3, -0.25) is 4.90 Å². The van der Waals surface area contributed by atoms with Crippen molar-refractivity contribution in [3.63, 3.8) is 0 Å². The van der Waals surface area contributed by atoms with Crippen LogP contribution >= 0.6 is 0 Å². The number of nitrogens with zero attached hydrogens (tertiary/aromatic N) is 3. The van der Waals surface area contributed by atoms with Crippen LogP contribution in [0, 0.1) is 18.3 Å². The molecule has 1 heterocycles. The van der Waals surface area contributed by atoms with Crippen LogP contribution in [0.5, 0.6) is 0 Å². The summed E-state index contributed by atoms with van der Waals surface area (Å²) >= 11 is 0. The first kappa shape index (κ1) is 12.9. The lowest BCUT2D eigenvalue weighted by atomic mass is 10.0. The normalized spacial score (nSPS) is 19.9. The fourth-order valence-electron chi connectivity index (χ4n) is 2.69. The van der Waals surface area contributed by atoms with E-state index in [1.807, 2.05) is 0 Å². The van der Waals surface area contributed by atoms with Crippen LogP contribution in [0.3, 0.4) is 0 Å². The first-order valence-corrected chi connectivity index (χ1v) is 6.60. The van der Waals surface area contributed by atoms with Gasteiger partial charge in [0.05, 0.1) is 12.6 Å². The number of nitriles is 1. The maximum atomic E-state index is 8.79. The molecule has 1 aliphatic heterocycles. The van der Waals surface area contributed by atoms with Crippen LogP contribution in [-0.2, 0) is 0 Å². The van der Waals surface area contributed by atoms with Crippen molar-refractivity contribution in [2.45, 2.75) is 25.8 Å². The van der Waals surface area contributed by atoms with Gasteiger partial charge in [0.2, 0.25) is 0 Å². The highest BCUT2D eigenvalue weighted by Crippen LogP contribution is 2.24.